The van der Waals surface area contributed by atoms with Gasteiger partial charge in [0.1, 0.15) is 15.8 Å². The van der Waals surface area contributed by atoms with Crippen LogP contribution in [0.15, 0.2) is 45.7 Å². The number of rotatable bonds is 7. The molecule has 1 saturated heterocycles. The number of carbonyl (C=O) groups excluding carboxylic acids is 1. The number of nitrogens with zero attached hydrogens (tertiary/aromatic N) is 1. The van der Waals surface area contributed by atoms with Crippen LogP contribution in [0.4, 0.5) is 13.2 Å². The summed E-state index contributed by atoms with van der Waals surface area (Å²) in [5.74, 6) is -0.641. The highest BCUT2D eigenvalue weighted by Crippen LogP contribution is 2.35. The van der Waals surface area contributed by atoms with Crippen LogP contribution in [0.5, 0.6) is 0 Å². The van der Waals surface area contributed by atoms with Crippen LogP contribution in [0.3, 0.4) is 0 Å². The maximum absolute atomic E-state index is 12.9. The Morgan fingerprint density at radius 1 is 1.23 bits per heavy atom. The number of halogens is 3. The Morgan fingerprint density at radius 2 is 2.00 bits per heavy atom. The lowest BCUT2D eigenvalue weighted by atomic mass is 10.1. The van der Waals surface area contributed by atoms with Gasteiger partial charge in [0.25, 0.3) is 5.91 Å². The number of carbonyl (C=O) groups is 2. The third kappa shape index (κ3) is 5.31. The fourth-order valence-corrected chi connectivity index (χ4v) is 4.09. The number of carboxylic acids is 1. The van der Waals surface area contributed by atoms with Crippen molar-refractivity contribution in [3.8, 4) is 11.3 Å². The predicted octanol–water partition coefficient (Wildman–Crippen LogP) is 5.42. The molecule has 0 aliphatic carbocycles. The summed E-state index contributed by atoms with van der Waals surface area (Å²) in [5, 5.41) is 8.67. The number of carboxylic acid groups (broad SMARTS) is 1. The number of thioether (sulfide) groups is 1. The van der Waals surface area contributed by atoms with Gasteiger partial charge < -0.3 is 9.52 Å². The van der Waals surface area contributed by atoms with Crippen molar-refractivity contribution in [1.82, 2.24) is 4.90 Å². The van der Waals surface area contributed by atoms with E-state index in [-0.39, 0.29) is 23.7 Å². The van der Waals surface area contributed by atoms with Crippen molar-refractivity contribution in [2.75, 3.05) is 6.54 Å². The van der Waals surface area contributed by atoms with Crippen molar-refractivity contribution in [2.45, 2.75) is 25.4 Å². The monoisotopic (exact) mass is 455 g/mol. The van der Waals surface area contributed by atoms with Gasteiger partial charge in [-0.2, -0.15) is 13.2 Å². The van der Waals surface area contributed by atoms with Crippen molar-refractivity contribution >= 4 is 46.3 Å². The van der Waals surface area contributed by atoms with Crippen molar-refractivity contribution in [3.05, 3.63) is 52.6 Å². The zero-order valence-electron chi connectivity index (χ0n) is 15.4. The number of unbranched alkanes of at least 4 members (excludes halogenated alkanes) is 1. The summed E-state index contributed by atoms with van der Waals surface area (Å²) in [6.45, 7) is 0.322. The molecule has 2 aromatic rings. The van der Waals surface area contributed by atoms with E-state index in [1.807, 2.05) is 0 Å². The largest absolute Gasteiger partial charge is 0.481 e. The number of hydrogen-bond acceptors (Lipinski definition) is 5. The van der Waals surface area contributed by atoms with E-state index in [2.05, 4.69) is 0 Å². The minimum absolute atomic E-state index is 0.0232. The van der Waals surface area contributed by atoms with E-state index in [9.17, 15) is 22.8 Å². The Hall–Kier alpha value is -2.59. The Kier molecular flexibility index (Phi) is 6.67. The second kappa shape index (κ2) is 9.05. The van der Waals surface area contributed by atoms with E-state index in [4.69, 9.17) is 21.7 Å². The zero-order valence-corrected chi connectivity index (χ0v) is 17.1. The number of aliphatic carboxylic acids is 1. The van der Waals surface area contributed by atoms with Crippen LogP contribution in [-0.2, 0) is 15.8 Å². The van der Waals surface area contributed by atoms with Gasteiger partial charge in [0.15, 0.2) is 0 Å². The molecule has 1 amide bonds. The van der Waals surface area contributed by atoms with Gasteiger partial charge in [0.2, 0.25) is 0 Å². The predicted molar refractivity (Wildman–Crippen MR) is 111 cm³/mol. The highest BCUT2D eigenvalue weighted by molar-refractivity contribution is 8.26. The maximum Gasteiger partial charge on any atom is 0.416 e. The Balaban J connectivity index is 1.71. The van der Waals surface area contributed by atoms with Gasteiger partial charge in [-0.15, -0.1) is 0 Å². The number of benzene rings is 1. The third-order valence-corrected chi connectivity index (χ3v) is 5.65. The lowest BCUT2D eigenvalue weighted by molar-refractivity contribution is -0.138. The van der Waals surface area contributed by atoms with Crippen LogP contribution < -0.4 is 0 Å². The SMILES string of the molecule is O=C(O)CCCCN1C(=O)/C(=C\c2ccc(-c3cccc(C(F)(F)F)c3)o2)SC1=S. The Bertz CT molecular complexity index is 1010. The average Bonchev–Trinajstić information content (AvgIpc) is 3.24. The van der Waals surface area contributed by atoms with E-state index in [0.717, 1.165) is 23.9 Å². The fourth-order valence-electron chi connectivity index (χ4n) is 2.80. The standard InChI is InChI=1S/C20H16F3NO4S2/c21-20(22,23)13-5-3-4-12(10-13)15-8-7-14(28-15)11-16-18(27)24(19(29)30-16)9-2-1-6-17(25)26/h3-5,7-8,10-11H,1-2,6,9H2,(H,25,26)/b16-11+. The second-order valence-corrected chi connectivity index (χ2v) is 8.14. The number of hydrogen-bond donors (Lipinski definition) is 1. The van der Waals surface area contributed by atoms with Crippen LogP contribution in [0, 0.1) is 0 Å². The molecule has 3 rings (SSSR count). The molecule has 30 heavy (non-hydrogen) atoms. The van der Waals surface area contributed by atoms with Gasteiger partial charge in [-0.3, -0.25) is 14.5 Å². The lowest BCUT2D eigenvalue weighted by Gasteiger charge is -2.13. The molecule has 0 atom stereocenters. The van der Waals surface area contributed by atoms with Gasteiger partial charge in [0, 0.05) is 24.6 Å². The number of alkyl halides is 3. The van der Waals surface area contributed by atoms with Crippen LogP contribution in [0.25, 0.3) is 17.4 Å². The molecule has 2 heterocycles. The topological polar surface area (TPSA) is 70.8 Å². The van der Waals surface area contributed by atoms with Crippen molar-refractivity contribution in [1.29, 1.82) is 0 Å². The Morgan fingerprint density at radius 3 is 2.70 bits per heavy atom. The normalized spacial score (nSPS) is 16.0. The summed E-state index contributed by atoms with van der Waals surface area (Å²) in [4.78, 5) is 24.9. The van der Waals surface area contributed by atoms with Crippen LogP contribution in [-0.4, -0.2) is 32.7 Å². The molecule has 10 heteroatoms. The fraction of sp³-hybridized carbons (Fsp3) is 0.250. The smallest absolute Gasteiger partial charge is 0.416 e. The maximum atomic E-state index is 12.9. The quantitative estimate of drug-likeness (QED) is 0.341. The summed E-state index contributed by atoms with van der Waals surface area (Å²) < 4.78 is 44.7. The number of furan rings is 1. The summed E-state index contributed by atoms with van der Waals surface area (Å²) in [6.07, 6.45) is -2.00. The van der Waals surface area contributed by atoms with E-state index < -0.39 is 17.7 Å². The molecular weight excluding hydrogens is 439 g/mol. The lowest BCUT2D eigenvalue weighted by Crippen LogP contribution is -2.29. The first-order chi connectivity index (χ1) is 14.1. The van der Waals surface area contributed by atoms with Crippen molar-refractivity contribution < 1.29 is 32.3 Å². The van der Waals surface area contributed by atoms with Crippen LogP contribution in [0.2, 0.25) is 0 Å². The third-order valence-electron chi connectivity index (χ3n) is 4.27. The van der Waals surface area contributed by atoms with Gasteiger partial charge in [-0.1, -0.05) is 36.1 Å². The molecular formula is C20H16F3NO4S2. The molecule has 5 nitrogen and oxygen atoms in total. The molecule has 1 N–H and O–H groups in total. The first kappa shape index (κ1) is 22.1. The van der Waals surface area contributed by atoms with Crippen molar-refractivity contribution in [2.24, 2.45) is 0 Å². The van der Waals surface area contributed by atoms with E-state index in [1.165, 1.54) is 29.2 Å². The molecule has 0 saturated carbocycles. The first-order valence-electron chi connectivity index (χ1n) is 8.90. The number of amides is 1. The van der Waals surface area contributed by atoms with E-state index in [0.29, 0.717) is 34.4 Å². The molecule has 0 unspecified atom stereocenters. The van der Waals surface area contributed by atoms with Crippen LogP contribution in [0.1, 0.15) is 30.6 Å². The second-order valence-electron chi connectivity index (χ2n) is 6.46. The van der Waals surface area contributed by atoms with Crippen LogP contribution >= 0.6 is 24.0 Å². The molecule has 1 aliphatic rings. The van der Waals surface area contributed by atoms with Gasteiger partial charge in [0.05, 0.1) is 10.5 Å². The van der Waals surface area contributed by atoms with E-state index in [1.54, 1.807) is 6.07 Å². The minimum atomic E-state index is -4.45. The molecule has 0 spiro atoms. The van der Waals surface area contributed by atoms with E-state index >= 15 is 0 Å². The van der Waals surface area contributed by atoms with Gasteiger partial charge >= 0.3 is 12.1 Å². The van der Waals surface area contributed by atoms with Crippen molar-refractivity contribution in [3.63, 3.8) is 0 Å². The highest BCUT2D eigenvalue weighted by atomic mass is 32.2. The van der Waals surface area contributed by atoms with Gasteiger partial charge in [-0.05, 0) is 37.1 Å². The molecule has 1 aliphatic heterocycles. The molecule has 158 valence electrons. The summed E-state index contributed by atoms with van der Waals surface area (Å²) in [7, 11) is 0. The molecule has 0 bridgehead atoms. The molecule has 0 radical (unpaired) electrons. The minimum Gasteiger partial charge on any atom is -0.481 e. The molecule has 1 aromatic heterocycles. The summed E-state index contributed by atoms with van der Waals surface area (Å²) in [6, 6.07) is 7.89. The number of thiocarbonyl (C=S) groups is 1. The first-order valence-corrected chi connectivity index (χ1v) is 10.1. The molecule has 1 aromatic carbocycles. The zero-order chi connectivity index (χ0) is 21.9. The summed E-state index contributed by atoms with van der Waals surface area (Å²) >= 11 is 6.31. The summed E-state index contributed by atoms with van der Waals surface area (Å²) in [5.41, 5.74) is -0.503. The highest BCUT2D eigenvalue weighted by Gasteiger charge is 2.32. The average molecular weight is 455 g/mol. The molecule has 1 fully saturated rings. The Labute approximate surface area is 179 Å². The van der Waals surface area contributed by atoms with Gasteiger partial charge in [-0.25, -0.2) is 0 Å².